The largest absolute Gasteiger partial charge is 0.508 e. The number of allylic oxidation sites excluding steroid dienone is 2. The van der Waals surface area contributed by atoms with Crippen molar-refractivity contribution in [3.8, 4) is 5.75 Å². The number of amides is 4. The number of phenolic OH excluding ortho intramolecular Hbond substituents is 1. The van der Waals surface area contributed by atoms with Crippen molar-refractivity contribution >= 4 is 52.3 Å². The lowest BCUT2D eigenvalue weighted by Crippen LogP contribution is -2.48. The Kier molecular flexibility index (Phi) is 6.26. The molecule has 7 rings (SSSR count). The van der Waals surface area contributed by atoms with Crippen LogP contribution in [-0.2, 0) is 19.2 Å². The first kappa shape index (κ1) is 28.0. The number of nitro benzene ring substituents is 1. The Balaban J connectivity index is 1.37. The van der Waals surface area contributed by atoms with E-state index in [1.807, 2.05) is 6.08 Å². The average molecular weight is 612 g/mol. The van der Waals surface area contributed by atoms with Crippen molar-refractivity contribution in [2.24, 2.45) is 29.1 Å². The van der Waals surface area contributed by atoms with E-state index in [0.717, 1.165) is 4.90 Å². The third-order valence-corrected chi connectivity index (χ3v) is 10.1. The van der Waals surface area contributed by atoms with E-state index in [1.54, 1.807) is 43.3 Å². The molecule has 3 fully saturated rings. The zero-order valence-electron chi connectivity index (χ0n) is 23.4. The number of hydrogen-bond acceptors (Lipinski definition) is 7. The fraction of sp³-hybridized carbons (Fsp3) is 0.273. The summed E-state index contributed by atoms with van der Waals surface area (Å²) in [5.41, 5.74) is 0.0137. The summed E-state index contributed by atoms with van der Waals surface area (Å²) in [5.74, 6) is -5.80. The van der Waals surface area contributed by atoms with Crippen LogP contribution in [0.25, 0.3) is 0 Å². The first-order chi connectivity index (χ1) is 21.0. The van der Waals surface area contributed by atoms with Gasteiger partial charge in [0.25, 0.3) is 5.69 Å². The van der Waals surface area contributed by atoms with E-state index in [9.17, 15) is 34.4 Å². The van der Waals surface area contributed by atoms with Crippen LogP contribution in [0.15, 0.2) is 84.4 Å². The number of nitro groups is 1. The normalized spacial score (nSPS) is 29.3. The molecule has 0 aromatic heterocycles. The van der Waals surface area contributed by atoms with Crippen LogP contribution in [0.1, 0.15) is 31.2 Å². The van der Waals surface area contributed by atoms with E-state index in [2.05, 4.69) is 0 Å². The molecule has 2 aliphatic carbocycles. The number of rotatable bonds is 4. The monoisotopic (exact) mass is 611 g/mol. The number of benzene rings is 3. The molecule has 44 heavy (non-hydrogen) atoms. The predicted octanol–water partition coefficient (Wildman–Crippen LogP) is 5.39. The maximum Gasteiger partial charge on any atom is 0.271 e. The van der Waals surface area contributed by atoms with Gasteiger partial charge in [-0.1, -0.05) is 47.5 Å². The summed E-state index contributed by atoms with van der Waals surface area (Å²) >= 11 is 6.40. The first-order valence-corrected chi connectivity index (χ1v) is 14.7. The molecule has 0 radical (unpaired) electrons. The molecule has 222 valence electrons. The summed E-state index contributed by atoms with van der Waals surface area (Å²) in [4.78, 5) is 69.4. The molecule has 2 saturated heterocycles. The molecule has 3 aromatic rings. The molecule has 2 heterocycles. The number of nitrogens with zero attached hydrogens (tertiary/aromatic N) is 3. The first-order valence-electron chi connectivity index (χ1n) is 14.3. The van der Waals surface area contributed by atoms with Crippen LogP contribution < -0.4 is 9.80 Å². The molecule has 4 amide bonds. The van der Waals surface area contributed by atoms with E-state index in [-0.39, 0.29) is 30.0 Å². The third kappa shape index (κ3) is 3.80. The van der Waals surface area contributed by atoms with Gasteiger partial charge in [0, 0.05) is 28.6 Å². The van der Waals surface area contributed by atoms with Crippen molar-refractivity contribution in [1.82, 2.24) is 0 Å². The zero-order valence-corrected chi connectivity index (χ0v) is 24.2. The molecule has 11 heteroatoms. The average Bonchev–Trinajstić information content (AvgIpc) is 3.38. The van der Waals surface area contributed by atoms with Crippen LogP contribution in [0.4, 0.5) is 17.1 Å². The summed E-state index contributed by atoms with van der Waals surface area (Å²) in [7, 11) is 0. The van der Waals surface area contributed by atoms with Gasteiger partial charge in [-0.25, -0.2) is 9.80 Å². The van der Waals surface area contributed by atoms with Crippen LogP contribution >= 0.6 is 11.6 Å². The minimum Gasteiger partial charge on any atom is -0.508 e. The van der Waals surface area contributed by atoms with Crippen molar-refractivity contribution < 1.29 is 29.2 Å². The number of non-ortho nitro benzene ring substituents is 1. The molecule has 10 nitrogen and oxygen atoms in total. The van der Waals surface area contributed by atoms with Crippen LogP contribution in [0.5, 0.6) is 5.75 Å². The number of carbonyl (C=O) groups excluding carboxylic acids is 4. The molecule has 0 bridgehead atoms. The number of phenols is 1. The quantitative estimate of drug-likeness (QED) is 0.181. The molecule has 4 aliphatic rings. The fourth-order valence-electron chi connectivity index (χ4n) is 7.94. The lowest BCUT2D eigenvalue weighted by molar-refractivity contribution is -0.384. The number of halogens is 1. The van der Waals surface area contributed by atoms with Crippen molar-refractivity contribution in [3.05, 3.63) is 105 Å². The lowest BCUT2D eigenvalue weighted by Gasteiger charge is -2.49. The highest BCUT2D eigenvalue weighted by molar-refractivity contribution is 6.30. The summed E-state index contributed by atoms with van der Waals surface area (Å²) in [5, 5.41) is 22.9. The summed E-state index contributed by atoms with van der Waals surface area (Å²) in [6.45, 7) is 1.73. The number of aromatic hydroxyl groups is 1. The number of carbonyl (C=O) groups is 4. The topological polar surface area (TPSA) is 138 Å². The maximum absolute atomic E-state index is 14.4. The Bertz CT molecular complexity index is 1820. The van der Waals surface area contributed by atoms with Gasteiger partial charge in [-0.15, -0.1) is 0 Å². The van der Waals surface area contributed by atoms with Crippen LogP contribution in [0.3, 0.4) is 0 Å². The Labute approximate surface area is 256 Å². The number of hydrogen-bond donors (Lipinski definition) is 1. The van der Waals surface area contributed by atoms with Crippen LogP contribution in [0, 0.1) is 39.2 Å². The number of para-hydroxylation sites is 1. The number of anilines is 2. The second-order valence-corrected chi connectivity index (χ2v) is 12.4. The van der Waals surface area contributed by atoms with Gasteiger partial charge in [0.05, 0.1) is 39.5 Å². The van der Waals surface area contributed by atoms with Crippen molar-refractivity contribution in [3.63, 3.8) is 0 Å². The second kappa shape index (κ2) is 9.85. The standard InChI is InChI=1S/C33H26ClN3O7/c1-33-25(30(40)36(32(33)42)18-6-3-2-4-7-18)16-23-21(28(33)24-14-17(34)10-13-26(24)38)11-12-22-27(23)31(41)35(29(22)39)19-8-5-9-20(15-19)37(43)44/h2-11,13-15,22-23,25,27-28,38H,12,16H2,1H3/t22-,23+,25-,27-,28+,33+/m0/s1. The molecular weight excluding hydrogens is 586 g/mol. The molecule has 3 aromatic carbocycles. The number of fused-ring (bicyclic) bond motifs is 4. The van der Waals surface area contributed by atoms with Gasteiger partial charge in [-0.05, 0) is 62.1 Å². The van der Waals surface area contributed by atoms with Crippen molar-refractivity contribution in [1.29, 1.82) is 0 Å². The molecule has 1 saturated carbocycles. The molecule has 0 unspecified atom stereocenters. The minimum absolute atomic E-state index is 0.103. The van der Waals surface area contributed by atoms with E-state index < -0.39 is 63.6 Å². The highest BCUT2D eigenvalue weighted by Gasteiger charge is 2.68. The molecular formula is C33H26ClN3O7. The zero-order chi connectivity index (χ0) is 31.1. The van der Waals surface area contributed by atoms with Gasteiger partial charge in [-0.3, -0.25) is 29.3 Å². The fourth-order valence-corrected chi connectivity index (χ4v) is 8.12. The Morgan fingerprint density at radius 3 is 2.34 bits per heavy atom. The summed E-state index contributed by atoms with van der Waals surface area (Å²) in [6.07, 6.45) is 2.19. The van der Waals surface area contributed by atoms with Crippen LogP contribution in [0.2, 0.25) is 5.02 Å². The molecule has 1 N–H and O–H groups in total. The van der Waals surface area contributed by atoms with Crippen molar-refractivity contribution in [2.45, 2.75) is 25.7 Å². The predicted molar refractivity (Wildman–Crippen MR) is 160 cm³/mol. The smallest absolute Gasteiger partial charge is 0.271 e. The number of imide groups is 2. The van der Waals surface area contributed by atoms with E-state index >= 15 is 0 Å². The van der Waals surface area contributed by atoms with Gasteiger partial charge >= 0.3 is 0 Å². The van der Waals surface area contributed by atoms with Crippen molar-refractivity contribution in [2.75, 3.05) is 9.80 Å². The van der Waals surface area contributed by atoms with Gasteiger partial charge in [0.1, 0.15) is 5.75 Å². The minimum atomic E-state index is -1.32. The van der Waals surface area contributed by atoms with Gasteiger partial charge < -0.3 is 5.11 Å². The third-order valence-electron chi connectivity index (χ3n) is 9.89. The second-order valence-electron chi connectivity index (χ2n) is 12.0. The van der Waals surface area contributed by atoms with Gasteiger partial charge in [0.2, 0.25) is 23.6 Å². The Morgan fingerprint density at radius 1 is 0.886 bits per heavy atom. The van der Waals surface area contributed by atoms with E-state index in [0.29, 0.717) is 21.8 Å². The summed E-state index contributed by atoms with van der Waals surface area (Å²) in [6, 6.07) is 18.6. The summed E-state index contributed by atoms with van der Waals surface area (Å²) < 4.78 is 0. The SMILES string of the molecule is C[C@@]12C(=O)N(c3ccccc3)C(=O)[C@@H]1C[C@@H]1C(=CC[C@@H]3C(=O)N(c4cccc([N+](=O)[O-])c4)C(=O)[C@@H]31)[C@@H]2c1cc(Cl)ccc1O. The molecule has 2 aliphatic heterocycles. The Morgan fingerprint density at radius 2 is 1.61 bits per heavy atom. The molecule has 0 spiro atoms. The Hall–Kier alpha value is -4.83. The molecule has 6 atom stereocenters. The van der Waals surface area contributed by atoms with Gasteiger partial charge in [-0.2, -0.15) is 0 Å². The maximum atomic E-state index is 14.4. The highest BCUT2D eigenvalue weighted by atomic mass is 35.5. The van der Waals surface area contributed by atoms with Crippen LogP contribution in [-0.4, -0.2) is 33.7 Å². The lowest BCUT2D eigenvalue weighted by atomic mass is 9.51. The van der Waals surface area contributed by atoms with E-state index in [4.69, 9.17) is 11.6 Å². The highest BCUT2D eigenvalue weighted by Crippen LogP contribution is 2.64. The van der Waals surface area contributed by atoms with E-state index in [1.165, 1.54) is 41.3 Å². The van der Waals surface area contributed by atoms with Gasteiger partial charge in [0.15, 0.2) is 0 Å².